The third kappa shape index (κ3) is 3.54. The van der Waals surface area contributed by atoms with Crippen molar-refractivity contribution in [2.75, 3.05) is 27.4 Å². The molecule has 2 aliphatic heterocycles. The molecule has 0 radical (unpaired) electrons. The molecule has 9 heteroatoms. The highest BCUT2D eigenvalue weighted by Gasteiger charge is 2.61. The number of anilines is 3. The molecular weight excluding hydrogens is 477 g/mol. The molecule has 2 heterocycles. The number of amides is 3. The van der Waals surface area contributed by atoms with E-state index in [1.165, 1.54) is 45.8 Å². The summed E-state index contributed by atoms with van der Waals surface area (Å²) in [6.07, 6.45) is 0. The van der Waals surface area contributed by atoms with Crippen molar-refractivity contribution in [1.29, 1.82) is 0 Å². The van der Waals surface area contributed by atoms with Crippen LogP contribution in [0.2, 0.25) is 5.02 Å². The number of fused-ring (bicyclic) bond motifs is 2. The summed E-state index contributed by atoms with van der Waals surface area (Å²) in [4.78, 5) is 41.4. The second-order valence-corrected chi connectivity index (χ2v) is 9.66. The van der Waals surface area contributed by atoms with Crippen LogP contribution in [-0.4, -0.2) is 30.0 Å². The lowest BCUT2D eigenvalue weighted by Gasteiger charge is -2.33. The first-order chi connectivity index (χ1) is 16.3. The Labute approximate surface area is 204 Å². The molecule has 172 valence electrons. The van der Waals surface area contributed by atoms with Gasteiger partial charge in [0, 0.05) is 22.0 Å². The van der Waals surface area contributed by atoms with Crippen LogP contribution in [0.1, 0.15) is 11.1 Å². The zero-order chi connectivity index (χ0) is 24.0. The number of rotatable bonds is 4. The van der Waals surface area contributed by atoms with E-state index in [9.17, 15) is 18.8 Å². The number of halogens is 2. The lowest BCUT2D eigenvalue weighted by Crippen LogP contribution is -2.50. The van der Waals surface area contributed by atoms with Gasteiger partial charge in [-0.3, -0.25) is 24.2 Å². The van der Waals surface area contributed by atoms with Crippen molar-refractivity contribution in [3.8, 4) is 0 Å². The highest BCUT2D eigenvalue weighted by atomic mass is 35.5. The summed E-state index contributed by atoms with van der Waals surface area (Å²) < 4.78 is 13.6. The van der Waals surface area contributed by atoms with E-state index in [2.05, 4.69) is 5.32 Å². The Morgan fingerprint density at radius 3 is 2.59 bits per heavy atom. The number of nitrogens with zero attached hydrogens (tertiary/aromatic N) is 2. The van der Waals surface area contributed by atoms with E-state index in [-0.39, 0.29) is 18.2 Å². The minimum atomic E-state index is -1.37. The number of benzene rings is 3. The molecule has 6 nitrogen and oxygen atoms in total. The number of carbonyl (C=O) groups is 3. The highest BCUT2D eigenvalue weighted by molar-refractivity contribution is 8.02. The highest BCUT2D eigenvalue weighted by Crippen LogP contribution is 2.56. The minimum Gasteiger partial charge on any atom is -0.324 e. The predicted octanol–water partition coefficient (Wildman–Crippen LogP) is 4.71. The van der Waals surface area contributed by atoms with Gasteiger partial charge in [0.15, 0.2) is 0 Å². The summed E-state index contributed by atoms with van der Waals surface area (Å²) in [6, 6.07) is 17.7. The van der Waals surface area contributed by atoms with E-state index in [4.69, 9.17) is 11.6 Å². The van der Waals surface area contributed by atoms with Crippen molar-refractivity contribution >= 4 is 58.1 Å². The Hall–Kier alpha value is -3.36. The maximum atomic E-state index is 14.0. The van der Waals surface area contributed by atoms with Crippen LogP contribution < -0.4 is 15.1 Å². The number of thioether (sulfide) groups is 1. The van der Waals surface area contributed by atoms with Crippen LogP contribution in [0.15, 0.2) is 66.7 Å². The first-order valence-corrected chi connectivity index (χ1v) is 11.9. The molecular formula is C25H19ClFN3O3S. The summed E-state index contributed by atoms with van der Waals surface area (Å²) in [5.74, 6) is -1.41. The molecule has 0 saturated carbocycles. The summed E-state index contributed by atoms with van der Waals surface area (Å²) in [5.41, 5.74) is 2.97. The smallest absolute Gasteiger partial charge is 0.269 e. The van der Waals surface area contributed by atoms with Crippen LogP contribution in [0.25, 0.3) is 0 Å². The first-order valence-electron chi connectivity index (χ1n) is 10.5. The number of hydrogen-bond acceptors (Lipinski definition) is 4. The van der Waals surface area contributed by atoms with Crippen molar-refractivity contribution in [2.45, 2.75) is 11.8 Å². The Morgan fingerprint density at radius 1 is 1.12 bits per heavy atom. The summed E-state index contributed by atoms with van der Waals surface area (Å²) >= 11 is 7.22. The Bertz CT molecular complexity index is 1330. The van der Waals surface area contributed by atoms with E-state index in [0.29, 0.717) is 27.6 Å². The summed E-state index contributed by atoms with van der Waals surface area (Å²) in [5, 5.41) is 3.25. The maximum Gasteiger partial charge on any atom is 0.269 e. The van der Waals surface area contributed by atoms with Crippen LogP contribution in [0.5, 0.6) is 0 Å². The zero-order valence-corrected chi connectivity index (χ0v) is 19.6. The van der Waals surface area contributed by atoms with Crippen LogP contribution in [0.4, 0.5) is 21.5 Å². The maximum absolute atomic E-state index is 14.0. The van der Waals surface area contributed by atoms with Gasteiger partial charge in [-0.15, -0.1) is 11.8 Å². The van der Waals surface area contributed by atoms with Crippen LogP contribution in [0, 0.1) is 12.7 Å². The van der Waals surface area contributed by atoms with Crippen LogP contribution in [0.3, 0.4) is 0 Å². The van der Waals surface area contributed by atoms with E-state index in [0.717, 1.165) is 5.56 Å². The first kappa shape index (κ1) is 22.4. The SMILES string of the molecule is Cc1cccc2c1N(CC(=O)Nc1cccc(Cl)c1)C(=O)[C@]21SCC(=O)N1c1ccc(F)cc1. The summed E-state index contributed by atoms with van der Waals surface area (Å²) in [6.45, 7) is 1.62. The monoisotopic (exact) mass is 495 g/mol. The van der Waals surface area contributed by atoms with Gasteiger partial charge in [-0.05, 0) is 55.0 Å². The number of hydrogen-bond donors (Lipinski definition) is 1. The molecule has 1 saturated heterocycles. The average molecular weight is 496 g/mol. The molecule has 1 fully saturated rings. The van der Waals surface area contributed by atoms with E-state index >= 15 is 0 Å². The van der Waals surface area contributed by atoms with Gasteiger partial charge in [0.05, 0.1) is 11.4 Å². The van der Waals surface area contributed by atoms with Gasteiger partial charge in [-0.2, -0.15) is 0 Å². The molecule has 5 rings (SSSR count). The number of nitrogens with one attached hydrogen (secondary N) is 1. The summed E-state index contributed by atoms with van der Waals surface area (Å²) in [7, 11) is 0. The predicted molar refractivity (Wildman–Crippen MR) is 132 cm³/mol. The average Bonchev–Trinajstić information content (AvgIpc) is 3.26. The molecule has 0 bridgehead atoms. The van der Waals surface area contributed by atoms with E-state index in [1.54, 1.807) is 30.3 Å². The number of aryl methyl sites for hydroxylation is 1. The van der Waals surface area contributed by atoms with Gasteiger partial charge >= 0.3 is 0 Å². The van der Waals surface area contributed by atoms with Gasteiger partial charge in [0.2, 0.25) is 16.7 Å². The molecule has 3 aromatic rings. The van der Waals surface area contributed by atoms with Crippen molar-refractivity contribution in [2.24, 2.45) is 0 Å². The number of para-hydroxylation sites is 1. The van der Waals surface area contributed by atoms with Crippen molar-refractivity contribution < 1.29 is 18.8 Å². The van der Waals surface area contributed by atoms with Gasteiger partial charge in [-0.1, -0.05) is 35.9 Å². The standard InChI is InChI=1S/C25H19ClFN3O3S/c1-15-4-2-7-20-23(15)29(13-21(31)28-18-6-3-5-16(26)12-18)24(33)25(20)30(22(32)14-34-25)19-10-8-17(27)9-11-19/h2-12H,13-14H2,1H3,(H,28,31)/t25-/m1/s1. The second kappa shape index (κ2) is 8.45. The normalized spacial score (nSPS) is 19.1. The van der Waals surface area contributed by atoms with Crippen molar-refractivity contribution in [3.63, 3.8) is 0 Å². The van der Waals surface area contributed by atoms with Gasteiger partial charge in [-0.25, -0.2) is 4.39 Å². The fraction of sp³-hybridized carbons (Fsp3) is 0.160. The van der Waals surface area contributed by atoms with Crippen molar-refractivity contribution in [1.82, 2.24) is 0 Å². The Kier molecular flexibility index (Phi) is 5.58. The fourth-order valence-corrected chi connectivity index (χ4v) is 6.04. The van der Waals surface area contributed by atoms with Crippen molar-refractivity contribution in [3.05, 3.63) is 88.7 Å². The fourth-order valence-electron chi connectivity index (χ4n) is 4.49. The van der Waals surface area contributed by atoms with Gasteiger partial charge < -0.3 is 5.32 Å². The molecule has 2 aliphatic rings. The van der Waals surface area contributed by atoms with E-state index in [1.807, 2.05) is 19.1 Å². The molecule has 1 spiro atoms. The third-order valence-electron chi connectivity index (χ3n) is 5.87. The van der Waals surface area contributed by atoms with Crippen LogP contribution >= 0.6 is 23.4 Å². The molecule has 3 aromatic carbocycles. The second-order valence-electron chi connectivity index (χ2n) is 8.06. The molecule has 1 N–H and O–H groups in total. The molecule has 1 atom stereocenters. The molecule has 3 amide bonds. The Morgan fingerprint density at radius 2 is 1.85 bits per heavy atom. The Balaban J connectivity index is 1.55. The third-order valence-corrected chi connectivity index (χ3v) is 7.49. The molecule has 0 aliphatic carbocycles. The molecule has 34 heavy (non-hydrogen) atoms. The molecule has 0 unspecified atom stereocenters. The van der Waals surface area contributed by atoms with Gasteiger partial charge in [0.1, 0.15) is 12.4 Å². The van der Waals surface area contributed by atoms with E-state index < -0.39 is 22.5 Å². The minimum absolute atomic E-state index is 0.0824. The number of carbonyl (C=O) groups excluding carboxylic acids is 3. The largest absolute Gasteiger partial charge is 0.324 e. The molecule has 0 aromatic heterocycles. The lowest BCUT2D eigenvalue weighted by molar-refractivity contribution is -0.124. The zero-order valence-electron chi connectivity index (χ0n) is 18.0. The lowest BCUT2D eigenvalue weighted by atomic mass is 10.0. The van der Waals surface area contributed by atoms with Crippen LogP contribution in [-0.2, 0) is 19.3 Å². The van der Waals surface area contributed by atoms with Gasteiger partial charge in [0.25, 0.3) is 5.91 Å². The topological polar surface area (TPSA) is 69.7 Å². The quantitative estimate of drug-likeness (QED) is 0.569.